The molecule has 2 nitrogen and oxygen atoms in total. The van der Waals surface area contributed by atoms with Crippen LogP contribution in [0.5, 0.6) is 5.75 Å². The van der Waals surface area contributed by atoms with Gasteiger partial charge in [-0.25, -0.2) is 0 Å². The molecule has 0 aliphatic heterocycles. The average Bonchev–Trinajstić information content (AvgIpc) is 2.26. The Morgan fingerprint density at radius 2 is 1.80 bits per heavy atom. The van der Waals surface area contributed by atoms with Crippen LogP contribution < -0.4 is 10.5 Å². The van der Waals surface area contributed by atoms with Crippen LogP contribution in [0.25, 0.3) is 10.8 Å². The molecule has 0 radical (unpaired) electrons. The van der Waals surface area contributed by atoms with Crippen molar-refractivity contribution in [2.24, 2.45) is 0 Å². The fourth-order valence-electron chi connectivity index (χ4n) is 1.55. The van der Waals surface area contributed by atoms with Crippen LogP contribution in [0.15, 0.2) is 36.4 Å². The quantitative estimate of drug-likeness (QED) is 0.774. The van der Waals surface area contributed by atoms with Crippen LogP contribution in [-0.4, -0.2) is 6.61 Å². The van der Waals surface area contributed by atoms with Crippen molar-refractivity contribution in [2.45, 2.75) is 13.3 Å². The molecule has 0 amide bonds. The maximum Gasteiger partial charge on any atom is 0.119 e. The SMILES string of the molecule is CCCOc1ccc2cc(N)ccc2c1. The predicted molar refractivity (Wildman–Crippen MR) is 64.1 cm³/mol. The Morgan fingerprint density at radius 3 is 2.60 bits per heavy atom. The van der Waals surface area contributed by atoms with Gasteiger partial charge in [-0.15, -0.1) is 0 Å². The van der Waals surface area contributed by atoms with E-state index in [-0.39, 0.29) is 0 Å². The molecule has 0 spiro atoms. The second kappa shape index (κ2) is 4.22. The number of rotatable bonds is 3. The van der Waals surface area contributed by atoms with E-state index in [0.717, 1.165) is 35.2 Å². The minimum atomic E-state index is 0.764. The van der Waals surface area contributed by atoms with Gasteiger partial charge < -0.3 is 10.5 Å². The number of benzene rings is 2. The molecule has 2 aromatic rings. The van der Waals surface area contributed by atoms with Crippen molar-refractivity contribution in [3.63, 3.8) is 0 Å². The minimum Gasteiger partial charge on any atom is -0.494 e. The fraction of sp³-hybridized carbons (Fsp3) is 0.231. The number of nitrogens with two attached hydrogens (primary N) is 1. The molecule has 0 aromatic heterocycles. The maximum absolute atomic E-state index is 5.71. The first-order valence-corrected chi connectivity index (χ1v) is 5.21. The zero-order valence-electron chi connectivity index (χ0n) is 8.86. The number of anilines is 1. The van der Waals surface area contributed by atoms with Crippen LogP contribution in [-0.2, 0) is 0 Å². The molecule has 0 bridgehead atoms. The minimum absolute atomic E-state index is 0.764. The standard InChI is InChI=1S/C13H15NO/c1-2-7-15-13-6-4-10-8-12(14)5-3-11(10)9-13/h3-6,8-9H,2,7,14H2,1H3. The normalized spacial score (nSPS) is 10.5. The van der Waals surface area contributed by atoms with Gasteiger partial charge in [-0.05, 0) is 41.5 Å². The lowest BCUT2D eigenvalue weighted by Gasteiger charge is -2.06. The first-order chi connectivity index (χ1) is 7.29. The lowest BCUT2D eigenvalue weighted by molar-refractivity contribution is 0.318. The van der Waals surface area contributed by atoms with Crippen molar-refractivity contribution in [1.82, 2.24) is 0 Å². The van der Waals surface area contributed by atoms with Crippen LogP contribution in [0.1, 0.15) is 13.3 Å². The van der Waals surface area contributed by atoms with Gasteiger partial charge in [-0.2, -0.15) is 0 Å². The number of ether oxygens (including phenoxy) is 1. The molecule has 78 valence electrons. The molecule has 2 rings (SSSR count). The number of hydrogen-bond acceptors (Lipinski definition) is 2. The first kappa shape index (κ1) is 9.84. The van der Waals surface area contributed by atoms with E-state index in [1.165, 1.54) is 0 Å². The summed E-state index contributed by atoms with van der Waals surface area (Å²) >= 11 is 0. The first-order valence-electron chi connectivity index (χ1n) is 5.21. The van der Waals surface area contributed by atoms with E-state index in [9.17, 15) is 0 Å². The highest BCUT2D eigenvalue weighted by Gasteiger charge is 1.97. The Kier molecular flexibility index (Phi) is 2.77. The molecule has 0 heterocycles. The van der Waals surface area contributed by atoms with Gasteiger partial charge in [0, 0.05) is 5.69 Å². The second-order valence-electron chi connectivity index (χ2n) is 3.62. The van der Waals surface area contributed by atoms with Crippen molar-refractivity contribution >= 4 is 16.5 Å². The molecular formula is C13H15NO. The van der Waals surface area contributed by atoms with Gasteiger partial charge in [0.2, 0.25) is 0 Å². The van der Waals surface area contributed by atoms with Crippen LogP contribution >= 0.6 is 0 Å². The Labute approximate surface area is 89.7 Å². The molecule has 0 saturated carbocycles. The molecule has 0 unspecified atom stereocenters. The number of hydrogen-bond donors (Lipinski definition) is 1. The Morgan fingerprint density at radius 1 is 1.07 bits per heavy atom. The predicted octanol–water partition coefficient (Wildman–Crippen LogP) is 3.21. The van der Waals surface area contributed by atoms with E-state index in [1.54, 1.807) is 0 Å². The summed E-state index contributed by atoms with van der Waals surface area (Å²) in [6.07, 6.45) is 1.03. The summed E-state index contributed by atoms with van der Waals surface area (Å²) in [6, 6.07) is 12.0. The van der Waals surface area contributed by atoms with E-state index in [1.807, 2.05) is 36.4 Å². The maximum atomic E-state index is 5.71. The van der Waals surface area contributed by atoms with Gasteiger partial charge in [0.1, 0.15) is 5.75 Å². The molecule has 0 aliphatic carbocycles. The number of fused-ring (bicyclic) bond motifs is 1. The van der Waals surface area contributed by atoms with Crippen molar-refractivity contribution in [1.29, 1.82) is 0 Å². The number of nitrogen functional groups attached to an aromatic ring is 1. The van der Waals surface area contributed by atoms with Gasteiger partial charge in [0.05, 0.1) is 6.61 Å². The fourth-order valence-corrected chi connectivity index (χ4v) is 1.55. The summed E-state index contributed by atoms with van der Waals surface area (Å²) in [4.78, 5) is 0. The average molecular weight is 201 g/mol. The third kappa shape index (κ3) is 2.21. The molecule has 0 fully saturated rings. The van der Waals surface area contributed by atoms with Gasteiger partial charge in [0.15, 0.2) is 0 Å². The van der Waals surface area contributed by atoms with Crippen molar-refractivity contribution < 1.29 is 4.74 Å². The summed E-state index contributed by atoms with van der Waals surface area (Å²) in [5.41, 5.74) is 6.51. The summed E-state index contributed by atoms with van der Waals surface area (Å²) in [5.74, 6) is 0.925. The summed E-state index contributed by atoms with van der Waals surface area (Å²) in [6.45, 7) is 2.86. The smallest absolute Gasteiger partial charge is 0.119 e. The summed E-state index contributed by atoms with van der Waals surface area (Å²) in [7, 11) is 0. The van der Waals surface area contributed by atoms with Crippen molar-refractivity contribution in [3.05, 3.63) is 36.4 Å². The molecule has 2 N–H and O–H groups in total. The van der Waals surface area contributed by atoms with Crippen molar-refractivity contribution in [3.8, 4) is 5.75 Å². The topological polar surface area (TPSA) is 35.2 Å². The van der Waals surface area contributed by atoms with Crippen LogP contribution in [0, 0.1) is 0 Å². The van der Waals surface area contributed by atoms with Gasteiger partial charge in [0.25, 0.3) is 0 Å². The van der Waals surface area contributed by atoms with E-state index in [4.69, 9.17) is 10.5 Å². The van der Waals surface area contributed by atoms with E-state index >= 15 is 0 Å². The summed E-state index contributed by atoms with van der Waals surface area (Å²) < 4.78 is 5.56. The lowest BCUT2D eigenvalue weighted by Crippen LogP contribution is -1.94. The zero-order valence-corrected chi connectivity index (χ0v) is 8.86. The highest BCUT2D eigenvalue weighted by Crippen LogP contribution is 2.22. The zero-order chi connectivity index (χ0) is 10.7. The third-order valence-corrected chi connectivity index (χ3v) is 2.31. The van der Waals surface area contributed by atoms with E-state index in [2.05, 4.69) is 6.92 Å². The van der Waals surface area contributed by atoms with Crippen LogP contribution in [0.2, 0.25) is 0 Å². The lowest BCUT2D eigenvalue weighted by atomic mass is 10.1. The molecule has 0 saturated heterocycles. The van der Waals surface area contributed by atoms with Gasteiger partial charge in [-0.1, -0.05) is 19.1 Å². The Balaban J connectivity index is 2.34. The van der Waals surface area contributed by atoms with Crippen LogP contribution in [0.4, 0.5) is 5.69 Å². The Bertz CT molecular complexity index is 465. The Hall–Kier alpha value is -1.70. The third-order valence-electron chi connectivity index (χ3n) is 2.31. The van der Waals surface area contributed by atoms with Gasteiger partial charge in [-0.3, -0.25) is 0 Å². The molecule has 0 atom stereocenters. The molecular weight excluding hydrogens is 186 g/mol. The van der Waals surface area contributed by atoms with Crippen molar-refractivity contribution in [2.75, 3.05) is 12.3 Å². The molecule has 15 heavy (non-hydrogen) atoms. The highest BCUT2D eigenvalue weighted by molar-refractivity contribution is 5.86. The van der Waals surface area contributed by atoms with Crippen LogP contribution in [0.3, 0.4) is 0 Å². The van der Waals surface area contributed by atoms with E-state index < -0.39 is 0 Å². The molecule has 2 aromatic carbocycles. The molecule has 0 aliphatic rings. The second-order valence-corrected chi connectivity index (χ2v) is 3.62. The highest BCUT2D eigenvalue weighted by atomic mass is 16.5. The molecule has 2 heteroatoms. The van der Waals surface area contributed by atoms with E-state index in [0.29, 0.717) is 0 Å². The largest absolute Gasteiger partial charge is 0.494 e. The summed E-state index contributed by atoms with van der Waals surface area (Å²) in [5, 5.41) is 2.32. The monoisotopic (exact) mass is 201 g/mol. The van der Waals surface area contributed by atoms with Gasteiger partial charge >= 0.3 is 0 Å².